The molecule has 0 spiro atoms. The second kappa shape index (κ2) is 11.9. The molecule has 1 unspecified atom stereocenters. The lowest BCUT2D eigenvalue weighted by Crippen LogP contribution is -2.36. The molecule has 1 aliphatic heterocycles. The van der Waals surface area contributed by atoms with Crippen molar-refractivity contribution in [3.63, 3.8) is 0 Å². The van der Waals surface area contributed by atoms with E-state index in [0.717, 1.165) is 56.3 Å². The van der Waals surface area contributed by atoms with Crippen LogP contribution in [0.2, 0.25) is 0 Å². The summed E-state index contributed by atoms with van der Waals surface area (Å²) in [5.74, 6) is 2.96. The van der Waals surface area contributed by atoms with Gasteiger partial charge in [-0.25, -0.2) is 0 Å². The van der Waals surface area contributed by atoms with Gasteiger partial charge in [-0.05, 0) is 79.7 Å². The fraction of sp³-hybridized carbons (Fsp3) is 0.314. The fourth-order valence-electron chi connectivity index (χ4n) is 6.57. The number of hydrogen-bond donors (Lipinski definition) is 2. The third-order valence-electron chi connectivity index (χ3n) is 8.87. The minimum atomic E-state index is 0.150. The summed E-state index contributed by atoms with van der Waals surface area (Å²) in [4.78, 5) is 9.57. The Kier molecular flexibility index (Phi) is 7.49. The predicted octanol–water partition coefficient (Wildman–Crippen LogP) is 6.85. The minimum absolute atomic E-state index is 0.150. The summed E-state index contributed by atoms with van der Waals surface area (Å²) in [5, 5.41) is 12.4. The van der Waals surface area contributed by atoms with Gasteiger partial charge in [-0.2, -0.15) is 0 Å². The summed E-state index contributed by atoms with van der Waals surface area (Å²) in [6.07, 6.45) is 10.7. The normalized spacial score (nSPS) is 15.0. The summed E-state index contributed by atoms with van der Waals surface area (Å²) in [6, 6.07) is 25.7. The highest BCUT2D eigenvalue weighted by Crippen LogP contribution is 2.31. The number of H-pyrrole nitrogens is 2. The second-order valence-electron chi connectivity index (χ2n) is 11.4. The Morgan fingerprint density at radius 3 is 2.14 bits per heavy atom. The Balaban J connectivity index is 1.26. The van der Waals surface area contributed by atoms with Crippen LogP contribution in [0.5, 0.6) is 5.75 Å². The zero-order valence-corrected chi connectivity index (χ0v) is 24.2. The Labute approximate surface area is 246 Å². The Morgan fingerprint density at radius 2 is 1.43 bits per heavy atom. The average molecular weight is 559 g/mol. The van der Waals surface area contributed by atoms with Crippen molar-refractivity contribution in [1.82, 2.24) is 29.6 Å². The predicted molar refractivity (Wildman–Crippen MR) is 168 cm³/mol. The number of fused-ring (bicyclic) bond motifs is 2. The number of ether oxygens (including phenoxy) is 1. The molecule has 1 atom stereocenters. The first kappa shape index (κ1) is 26.5. The van der Waals surface area contributed by atoms with E-state index in [1.165, 1.54) is 57.8 Å². The molecule has 3 aromatic heterocycles. The van der Waals surface area contributed by atoms with Crippen molar-refractivity contribution in [3.05, 3.63) is 114 Å². The maximum Gasteiger partial charge on any atom is 0.151 e. The monoisotopic (exact) mass is 558 g/mol. The van der Waals surface area contributed by atoms with Crippen molar-refractivity contribution in [3.8, 4) is 5.75 Å². The van der Waals surface area contributed by atoms with Gasteiger partial charge in [0.05, 0.1) is 19.7 Å². The molecule has 1 fully saturated rings. The number of aryl methyl sites for hydroxylation is 2. The maximum absolute atomic E-state index is 5.43. The molecule has 0 bridgehead atoms. The highest BCUT2D eigenvalue weighted by Gasteiger charge is 2.29. The first-order valence-electron chi connectivity index (χ1n) is 15.2. The lowest BCUT2D eigenvalue weighted by atomic mass is 10.00. The summed E-state index contributed by atoms with van der Waals surface area (Å²) in [7, 11) is 1.71. The molecule has 1 saturated heterocycles. The van der Waals surface area contributed by atoms with Crippen LogP contribution in [0, 0.1) is 0 Å². The summed E-state index contributed by atoms with van der Waals surface area (Å²) in [5.41, 5.74) is 6.23. The van der Waals surface area contributed by atoms with Gasteiger partial charge in [-0.15, -0.1) is 10.2 Å². The van der Waals surface area contributed by atoms with Gasteiger partial charge >= 0.3 is 0 Å². The van der Waals surface area contributed by atoms with Gasteiger partial charge in [-0.1, -0.05) is 55.0 Å². The van der Waals surface area contributed by atoms with Crippen molar-refractivity contribution < 1.29 is 4.74 Å². The zero-order chi connectivity index (χ0) is 28.3. The topological polar surface area (TPSA) is 74.8 Å². The quantitative estimate of drug-likeness (QED) is 0.193. The summed E-state index contributed by atoms with van der Waals surface area (Å²) >= 11 is 0. The van der Waals surface area contributed by atoms with Crippen molar-refractivity contribution in [2.24, 2.45) is 0 Å². The van der Waals surface area contributed by atoms with Gasteiger partial charge in [0.1, 0.15) is 11.6 Å². The smallest absolute Gasteiger partial charge is 0.151 e. The number of hydrogen-bond acceptors (Lipinski definition) is 4. The third-order valence-corrected chi connectivity index (χ3v) is 8.87. The first-order valence-corrected chi connectivity index (χ1v) is 15.2. The van der Waals surface area contributed by atoms with Crippen LogP contribution in [0.15, 0.2) is 85.2 Å². The van der Waals surface area contributed by atoms with Crippen LogP contribution in [0.25, 0.3) is 21.8 Å². The molecule has 4 heterocycles. The number of piperidine rings is 1. The van der Waals surface area contributed by atoms with Crippen LogP contribution in [-0.2, 0) is 25.8 Å². The third kappa shape index (κ3) is 5.32. The fourth-order valence-corrected chi connectivity index (χ4v) is 6.57. The van der Waals surface area contributed by atoms with E-state index in [9.17, 15) is 0 Å². The molecule has 7 heteroatoms. The Bertz CT molecular complexity index is 1770. The van der Waals surface area contributed by atoms with Crippen molar-refractivity contribution in [2.75, 3.05) is 20.2 Å². The number of methoxy groups -OCH3 is 1. The Morgan fingerprint density at radius 1 is 0.762 bits per heavy atom. The minimum Gasteiger partial charge on any atom is -0.497 e. The van der Waals surface area contributed by atoms with Crippen LogP contribution in [-0.4, -0.2) is 49.8 Å². The highest BCUT2D eigenvalue weighted by molar-refractivity contribution is 5.83. The molecule has 0 saturated carbocycles. The summed E-state index contributed by atoms with van der Waals surface area (Å²) in [6.45, 7) is 2.91. The number of benzene rings is 3. The zero-order valence-electron chi connectivity index (χ0n) is 24.2. The molecule has 7 rings (SSSR count). The second-order valence-corrected chi connectivity index (χ2v) is 11.4. The largest absolute Gasteiger partial charge is 0.497 e. The van der Waals surface area contributed by atoms with Gasteiger partial charge in [0.2, 0.25) is 0 Å². The lowest BCUT2D eigenvalue weighted by molar-refractivity contribution is 0.153. The number of nitrogens with one attached hydrogen (secondary N) is 2. The van der Waals surface area contributed by atoms with E-state index >= 15 is 0 Å². The SMILES string of the molecule is COc1ccc(Cn2c(CCc3c[nH]c4ccccc34)nnc2C(Cc2c[nH]c3ccccc23)N2CCCCC2)cc1. The molecule has 0 aliphatic carbocycles. The standard InChI is InChI=1S/C35H38N6O/c1-42-28-16-13-25(14-17-28)24-41-34(18-15-26-22-36-31-11-5-3-9-29(26)31)38-39-35(41)33(40-19-7-2-8-20-40)21-27-23-37-32-12-6-4-10-30(27)32/h3-6,9-14,16-17,22-23,33,36-37H,2,7-8,15,18-21,24H2,1H3. The van der Waals surface area contributed by atoms with Gasteiger partial charge < -0.3 is 19.3 Å². The van der Waals surface area contributed by atoms with Crippen LogP contribution >= 0.6 is 0 Å². The van der Waals surface area contributed by atoms with E-state index < -0.39 is 0 Å². The Hall–Kier alpha value is -4.36. The molecule has 0 amide bonds. The molecule has 3 aromatic carbocycles. The van der Waals surface area contributed by atoms with Crippen LogP contribution < -0.4 is 4.74 Å². The number of likely N-dealkylation sites (tertiary alicyclic amines) is 1. The van der Waals surface area contributed by atoms with E-state index in [2.05, 4.69) is 92.5 Å². The summed E-state index contributed by atoms with van der Waals surface area (Å²) < 4.78 is 7.83. The average Bonchev–Trinajstić information content (AvgIpc) is 3.77. The highest BCUT2D eigenvalue weighted by atomic mass is 16.5. The van der Waals surface area contributed by atoms with Crippen molar-refractivity contribution in [1.29, 1.82) is 0 Å². The molecular weight excluding hydrogens is 520 g/mol. The van der Waals surface area contributed by atoms with E-state index in [4.69, 9.17) is 14.9 Å². The van der Waals surface area contributed by atoms with Crippen LogP contribution in [0.3, 0.4) is 0 Å². The van der Waals surface area contributed by atoms with E-state index in [0.29, 0.717) is 0 Å². The van der Waals surface area contributed by atoms with E-state index in [1.807, 2.05) is 12.1 Å². The van der Waals surface area contributed by atoms with Crippen LogP contribution in [0.1, 0.15) is 53.6 Å². The van der Waals surface area contributed by atoms with Crippen LogP contribution in [0.4, 0.5) is 0 Å². The molecular formula is C35H38N6O. The number of nitrogens with zero attached hydrogens (tertiary/aromatic N) is 4. The number of para-hydroxylation sites is 2. The molecule has 214 valence electrons. The molecule has 2 N–H and O–H groups in total. The molecule has 42 heavy (non-hydrogen) atoms. The van der Waals surface area contributed by atoms with Gasteiger partial charge in [-0.3, -0.25) is 4.90 Å². The lowest BCUT2D eigenvalue weighted by Gasteiger charge is -2.34. The van der Waals surface area contributed by atoms with Gasteiger partial charge in [0.25, 0.3) is 0 Å². The number of rotatable bonds is 10. The maximum atomic E-state index is 5.43. The van der Waals surface area contributed by atoms with Crippen molar-refractivity contribution in [2.45, 2.75) is 51.1 Å². The molecule has 6 aromatic rings. The molecule has 0 radical (unpaired) electrons. The molecule has 7 nitrogen and oxygen atoms in total. The molecule has 1 aliphatic rings. The van der Waals surface area contributed by atoms with E-state index in [1.54, 1.807) is 7.11 Å². The van der Waals surface area contributed by atoms with Gasteiger partial charge in [0.15, 0.2) is 5.82 Å². The first-order chi connectivity index (χ1) is 20.8. The number of aromatic nitrogens is 5. The number of aromatic amines is 2. The van der Waals surface area contributed by atoms with E-state index in [-0.39, 0.29) is 6.04 Å². The van der Waals surface area contributed by atoms with Gasteiger partial charge in [0, 0.05) is 40.6 Å². The van der Waals surface area contributed by atoms with Crippen molar-refractivity contribution >= 4 is 21.8 Å².